The van der Waals surface area contributed by atoms with E-state index in [2.05, 4.69) is 15.3 Å². The number of aromatic nitrogens is 2. The number of benzene rings is 1. The Morgan fingerprint density at radius 2 is 2.07 bits per heavy atom. The summed E-state index contributed by atoms with van der Waals surface area (Å²) in [4.78, 5) is 20.6. The Kier molecular flexibility index (Phi) is 3.89. The van der Waals surface area contributed by atoms with Crippen LogP contribution >= 0.6 is 11.3 Å². The second-order valence-electron chi connectivity index (χ2n) is 5.97. The van der Waals surface area contributed by atoms with Gasteiger partial charge < -0.3 is 10.4 Å². The van der Waals surface area contributed by atoms with E-state index >= 15 is 0 Å². The van der Waals surface area contributed by atoms with Crippen LogP contribution in [-0.2, 0) is 14.8 Å². The van der Waals surface area contributed by atoms with Gasteiger partial charge in [-0.1, -0.05) is 12.1 Å². The van der Waals surface area contributed by atoms with Gasteiger partial charge in [-0.15, -0.1) is 11.3 Å². The lowest BCUT2D eigenvalue weighted by molar-refractivity contribution is -0.113. The first-order chi connectivity index (χ1) is 12.8. The lowest BCUT2D eigenvalue weighted by atomic mass is 10.2. The number of aryl methyl sites for hydroxylation is 1. The third kappa shape index (κ3) is 2.64. The molecule has 0 spiro atoms. The molecule has 3 heterocycles. The molecule has 1 aromatic carbocycles. The molecule has 0 saturated carbocycles. The number of hydrogen-bond acceptors (Lipinski definition) is 7. The van der Waals surface area contributed by atoms with E-state index in [9.17, 15) is 18.3 Å². The van der Waals surface area contributed by atoms with Crippen LogP contribution in [0.1, 0.15) is 10.4 Å². The second-order valence-corrected chi connectivity index (χ2v) is 8.93. The van der Waals surface area contributed by atoms with Crippen molar-refractivity contribution in [3.8, 4) is 0 Å². The van der Waals surface area contributed by atoms with Gasteiger partial charge in [0.2, 0.25) is 0 Å². The number of anilines is 1. The average molecular weight is 402 g/mol. The Hall–Kier alpha value is -2.98. The Labute approximate surface area is 158 Å². The van der Waals surface area contributed by atoms with Crippen molar-refractivity contribution in [2.45, 2.75) is 11.8 Å². The molecule has 0 radical (unpaired) electrons. The number of aliphatic hydroxyl groups excluding tert-OH is 1. The zero-order valence-corrected chi connectivity index (χ0v) is 15.9. The normalized spacial score (nSPS) is 15.7. The monoisotopic (exact) mass is 402 g/mol. The summed E-state index contributed by atoms with van der Waals surface area (Å²) >= 11 is 1.13. The minimum absolute atomic E-state index is 0.0125. The van der Waals surface area contributed by atoms with E-state index in [1.54, 1.807) is 6.07 Å². The zero-order chi connectivity index (χ0) is 19.3. The first-order valence-electron chi connectivity index (χ1n) is 7.84. The fraction of sp³-hybridized carbons (Fsp3) is 0.118. The summed E-state index contributed by atoms with van der Waals surface area (Å²) in [6.07, 6.45) is 4.15. The van der Waals surface area contributed by atoms with Gasteiger partial charge in [-0.3, -0.25) is 14.1 Å². The van der Waals surface area contributed by atoms with E-state index in [0.29, 0.717) is 5.39 Å². The molecule has 1 amide bonds. The van der Waals surface area contributed by atoms with Crippen LogP contribution < -0.4 is 5.32 Å². The molecule has 0 saturated heterocycles. The predicted molar refractivity (Wildman–Crippen MR) is 102 cm³/mol. The van der Waals surface area contributed by atoms with E-state index < -0.39 is 15.9 Å². The van der Waals surface area contributed by atoms with Crippen molar-refractivity contribution in [1.82, 2.24) is 14.3 Å². The van der Waals surface area contributed by atoms with Crippen molar-refractivity contribution in [1.29, 1.82) is 0 Å². The van der Waals surface area contributed by atoms with Crippen molar-refractivity contribution in [3.05, 3.63) is 52.9 Å². The van der Waals surface area contributed by atoms with Crippen molar-refractivity contribution in [2.75, 3.05) is 12.4 Å². The van der Waals surface area contributed by atoms with Crippen LogP contribution in [0.4, 0.5) is 5.82 Å². The summed E-state index contributed by atoms with van der Waals surface area (Å²) in [5.74, 6) is -1.03. The molecule has 3 aromatic rings. The third-order valence-electron chi connectivity index (χ3n) is 4.19. The molecule has 8 nitrogen and oxygen atoms in total. The largest absolute Gasteiger partial charge is 0.504 e. The second kappa shape index (κ2) is 6.03. The van der Waals surface area contributed by atoms with E-state index in [0.717, 1.165) is 25.9 Å². The molecule has 1 aliphatic rings. The Bertz CT molecular complexity index is 1220. The van der Waals surface area contributed by atoms with Gasteiger partial charge in [-0.05, 0) is 18.6 Å². The van der Waals surface area contributed by atoms with Gasteiger partial charge in [0.1, 0.15) is 4.90 Å². The molecule has 2 aromatic heterocycles. The average Bonchev–Trinajstić information content (AvgIpc) is 3.01. The summed E-state index contributed by atoms with van der Waals surface area (Å²) in [6.45, 7) is 1.90. The van der Waals surface area contributed by atoms with Crippen molar-refractivity contribution >= 4 is 48.9 Å². The third-order valence-corrected chi connectivity index (χ3v) is 7.32. The molecule has 27 heavy (non-hydrogen) atoms. The van der Waals surface area contributed by atoms with E-state index in [1.807, 2.05) is 19.1 Å². The minimum atomic E-state index is -4.01. The lowest BCUT2D eigenvalue weighted by Gasteiger charge is -2.26. The minimum Gasteiger partial charge on any atom is -0.504 e. The highest BCUT2D eigenvalue weighted by Crippen LogP contribution is 2.44. The number of nitrogens with one attached hydrogen (secondary N) is 1. The molecule has 0 fully saturated rings. The van der Waals surface area contributed by atoms with Gasteiger partial charge in [0.25, 0.3) is 15.9 Å². The molecule has 0 unspecified atom stereocenters. The number of nitrogens with zero attached hydrogens (tertiary/aromatic N) is 3. The lowest BCUT2D eigenvalue weighted by Crippen LogP contribution is -2.36. The first kappa shape index (κ1) is 17.4. The summed E-state index contributed by atoms with van der Waals surface area (Å²) in [6, 6.07) is 5.37. The maximum Gasteiger partial charge on any atom is 0.278 e. The van der Waals surface area contributed by atoms with Crippen molar-refractivity contribution < 1.29 is 18.3 Å². The van der Waals surface area contributed by atoms with E-state index in [1.165, 1.54) is 25.6 Å². The van der Waals surface area contributed by atoms with E-state index in [-0.39, 0.29) is 27.0 Å². The molecule has 0 bridgehead atoms. The number of fused-ring (bicyclic) bond motifs is 3. The van der Waals surface area contributed by atoms with Crippen LogP contribution in [0.25, 0.3) is 15.8 Å². The number of sulfonamides is 1. The molecular formula is C17H14N4O4S2. The quantitative estimate of drug-likeness (QED) is 0.681. The highest BCUT2D eigenvalue weighted by molar-refractivity contribution is 7.89. The van der Waals surface area contributed by atoms with Crippen LogP contribution in [0.2, 0.25) is 0 Å². The molecule has 138 valence electrons. The van der Waals surface area contributed by atoms with Crippen LogP contribution in [0.5, 0.6) is 0 Å². The van der Waals surface area contributed by atoms with Gasteiger partial charge in [-0.25, -0.2) is 13.4 Å². The Balaban J connectivity index is 1.90. The molecule has 10 heteroatoms. The number of aliphatic hydroxyl groups is 1. The number of hydrogen-bond donors (Lipinski definition) is 2. The summed E-state index contributed by atoms with van der Waals surface area (Å²) in [5.41, 5.74) is 0.604. The van der Waals surface area contributed by atoms with Gasteiger partial charge in [0, 0.05) is 29.5 Å². The van der Waals surface area contributed by atoms with Crippen LogP contribution in [0, 0.1) is 6.92 Å². The van der Waals surface area contributed by atoms with Crippen LogP contribution in [0.3, 0.4) is 0 Å². The SMILES string of the molecule is Cc1ccc2c3c(sc2c1)C(O)=C(C(=O)Nc1cnccn1)N(C)S3(=O)=O. The number of likely N-dealkylation sites (N-methyl/N-ethyl adjacent to an activating group) is 1. The summed E-state index contributed by atoms with van der Waals surface area (Å²) in [5, 5.41) is 13.7. The first-order valence-corrected chi connectivity index (χ1v) is 10.1. The van der Waals surface area contributed by atoms with Gasteiger partial charge >= 0.3 is 0 Å². The highest BCUT2D eigenvalue weighted by Gasteiger charge is 2.40. The van der Waals surface area contributed by atoms with Gasteiger partial charge in [0.15, 0.2) is 17.3 Å². The number of rotatable bonds is 2. The molecule has 0 atom stereocenters. The zero-order valence-electron chi connectivity index (χ0n) is 14.3. The fourth-order valence-electron chi connectivity index (χ4n) is 2.90. The van der Waals surface area contributed by atoms with Crippen LogP contribution in [0.15, 0.2) is 47.4 Å². The smallest absolute Gasteiger partial charge is 0.278 e. The van der Waals surface area contributed by atoms with Crippen LogP contribution in [-0.4, -0.2) is 40.8 Å². The standard InChI is InChI=1S/C17H14N4O4S2/c1-9-3-4-10-11(7-9)26-15-14(22)13(21(2)27(24,25)16(10)15)17(23)20-12-8-18-5-6-19-12/h3-8,22H,1-2H3,(H,19,20,23). The Morgan fingerprint density at radius 3 is 2.78 bits per heavy atom. The van der Waals surface area contributed by atoms with Gasteiger partial charge in [-0.2, -0.15) is 0 Å². The topological polar surface area (TPSA) is 112 Å². The molecule has 4 rings (SSSR count). The molecular weight excluding hydrogens is 388 g/mol. The van der Waals surface area contributed by atoms with Gasteiger partial charge in [0.05, 0.1) is 11.1 Å². The highest BCUT2D eigenvalue weighted by atomic mass is 32.2. The maximum atomic E-state index is 13.1. The predicted octanol–water partition coefficient (Wildman–Crippen LogP) is 2.50. The molecule has 1 aliphatic heterocycles. The summed E-state index contributed by atoms with van der Waals surface area (Å²) in [7, 11) is -2.77. The Morgan fingerprint density at radius 1 is 1.30 bits per heavy atom. The maximum absolute atomic E-state index is 13.1. The number of amides is 1. The van der Waals surface area contributed by atoms with Crippen molar-refractivity contribution in [3.63, 3.8) is 0 Å². The molecule has 2 N–H and O–H groups in total. The number of carbonyl (C=O) groups is 1. The number of thiophene rings is 1. The molecule has 0 aliphatic carbocycles. The summed E-state index contributed by atoms with van der Waals surface area (Å²) < 4.78 is 27.6. The van der Waals surface area contributed by atoms with Crippen molar-refractivity contribution in [2.24, 2.45) is 0 Å². The fourth-order valence-corrected chi connectivity index (χ4v) is 6.01. The van der Waals surface area contributed by atoms with E-state index in [4.69, 9.17) is 0 Å². The number of carbonyl (C=O) groups excluding carboxylic acids is 1.